The summed E-state index contributed by atoms with van der Waals surface area (Å²) in [6.07, 6.45) is 1.40. The second kappa shape index (κ2) is 11.9. The molecule has 0 aliphatic rings. The first-order valence-corrected chi connectivity index (χ1v) is 11.0. The molecule has 0 bridgehead atoms. The highest BCUT2D eigenvalue weighted by molar-refractivity contribution is 9.10. The summed E-state index contributed by atoms with van der Waals surface area (Å²) in [4.78, 5) is 25.1. The van der Waals surface area contributed by atoms with Gasteiger partial charge in [-0.1, -0.05) is 15.9 Å². The lowest BCUT2D eigenvalue weighted by molar-refractivity contribution is 0.0733. The first-order valence-electron chi connectivity index (χ1n) is 10.2. The van der Waals surface area contributed by atoms with Crippen LogP contribution in [0.3, 0.4) is 0 Å². The molecular formula is C25H23BrN2O6. The number of ether oxygens (including phenoxy) is 4. The molecule has 0 heterocycles. The zero-order valence-electron chi connectivity index (χ0n) is 18.8. The number of hydrogen-bond acceptors (Lipinski definition) is 7. The van der Waals surface area contributed by atoms with Gasteiger partial charge in [0.05, 0.1) is 32.6 Å². The topological polar surface area (TPSA) is 95.5 Å². The van der Waals surface area contributed by atoms with Gasteiger partial charge < -0.3 is 18.9 Å². The summed E-state index contributed by atoms with van der Waals surface area (Å²) >= 11 is 3.39. The van der Waals surface area contributed by atoms with Gasteiger partial charge in [0, 0.05) is 15.6 Å². The van der Waals surface area contributed by atoms with Crippen molar-refractivity contribution >= 4 is 34.0 Å². The van der Waals surface area contributed by atoms with Crippen LogP contribution in [-0.4, -0.2) is 38.9 Å². The molecule has 0 atom stereocenters. The van der Waals surface area contributed by atoms with Gasteiger partial charge in [-0.2, -0.15) is 5.10 Å². The Balaban J connectivity index is 1.72. The predicted molar refractivity (Wildman–Crippen MR) is 131 cm³/mol. The number of hydrazone groups is 1. The molecule has 1 amide bonds. The molecule has 0 saturated carbocycles. The number of amides is 1. The van der Waals surface area contributed by atoms with Crippen molar-refractivity contribution in [2.24, 2.45) is 5.10 Å². The van der Waals surface area contributed by atoms with Gasteiger partial charge in [0.2, 0.25) is 0 Å². The normalized spacial score (nSPS) is 10.6. The summed E-state index contributed by atoms with van der Waals surface area (Å²) in [5, 5.41) is 4.00. The number of rotatable bonds is 9. The van der Waals surface area contributed by atoms with Crippen molar-refractivity contribution in [3.63, 3.8) is 0 Å². The quantitative estimate of drug-likeness (QED) is 0.185. The highest BCUT2D eigenvalue weighted by Gasteiger charge is 2.15. The number of carbonyl (C=O) groups is 2. The van der Waals surface area contributed by atoms with Crippen LogP contribution in [0.15, 0.2) is 70.2 Å². The smallest absolute Gasteiger partial charge is 0.343 e. The maximum Gasteiger partial charge on any atom is 0.343 e. The molecule has 0 radical (unpaired) electrons. The molecule has 3 rings (SSSR count). The Bertz CT molecular complexity index is 1190. The van der Waals surface area contributed by atoms with Gasteiger partial charge in [0.25, 0.3) is 5.91 Å². The van der Waals surface area contributed by atoms with Gasteiger partial charge in [-0.25, -0.2) is 10.2 Å². The number of nitrogens with zero attached hydrogens (tertiary/aromatic N) is 1. The van der Waals surface area contributed by atoms with Crippen molar-refractivity contribution in [2.45, 2.75) is 6.92 Å². The number of benzene rings is 3. The average molecular weight is 527 g/mol. The summed E-state index contributed by atoms with van der Waals surface area (Å²) < 4.78 is 22.1. The van der Waals surface area contributed by atoms with E-state index in [9.17, 15) is 9.59 Å². The number of carbonyl (C=O) groups excluding carboxylic acids is 2. The fourth-order valence-corrected chi connectivity index (χ4v) is 3.31. The molecule has 0 unspecified atom stereocenters. The lowest BCUT2D eigenvalue weighted by Gasteiger charge is -2.11. The van der Waals surface area contributed by atoms with Crippen LogP contribution < -0.4 is 24.4 Å². The first-order chi connectivity index (χ1) is 16.4. The number of nitrogens with one attached hydrogen (secondary N) is 1. The van der Waals surface area contributed by atoms with E-state index in [1.165, 1.54) is 26.5 Å². The molecule has 0 spiro atoms. The molecule has 176 valence electrons. The van der Waals surface area contributed by atoms with E-state index in [1.807, 2.05) is 6.92 Å². The van der Waals surface area contributed by atoms with Crippen molar-refractivity contribution in [1.29, 1.82) is 0 Å². The highest BCUT2D eigenvalue weighted by atomic mass is 79.9. The Kier molecular flexibility index (Phi) is 8.64. The highest BCUT2D eigenvalue weighted by Crippen LogP contribution is 2.29. The molecule has 9 heteroatoms. The largest absolute Gasteiger partial charge is 0.494 e. The Labute approximate surface area is 205 Å². The van der Waals surface area contributed by atoms with E-state index < -0.39 is 11.9 Å². The van der Waals surface area contributed by atoms with Crippen molar-refractivity contribution in [2.75, 3.05) is 20.8 Å². The Morgan fingerprint density at radius 1 is 0.912 bits per heavy atom. The van der Waals surface area contributed by atoms with E-state index in [4.69, 9.17) is 18.9 Å². The monoisotopic (exact) mass is 526 g/mol. The molecule has 0 aromatic heterocycles. The van der Waals surface area contributed by atoms with Crippen LogP contribution in [0.2, 0.25) is 0 Å². The maximum atomic E-state index is 12.7. The molecule has 0 aliphatic carbocycles. The first kappa shape index (κ1) is 24.8. The molecule has 0 fully saturated rings. The maximum absolute atomic E-state index is 12.7. The van der Waals surface area contributed by atoms with Gasteiger partial charge in [-0.3, -0.25) is 4.79 Å². The lowest BCUT2D eigenvalue weighted by Crippen LogP contribution is -2.17. The third-order valence-corrected chi connectivity index (χ3v) is 5.08. The molecule has 3 aromatic rings. The standard InChI is InChI=1S/C25H23BrN2O6/c1-4-33-20-9-5-16(6-10-20)24(29)28-27-15-18-13-19(26)8-12-21(18)34-25(30)17-7-11-22(31-2)23(14-17)32-3/h5-15H,4H2,1-3H3,(H,28,29). The van der Waals surface area contributed by atoms with E-state index in [-0.39, 0.29) is 11.3 Å². The van der Waals surface area contributed by atoms with E-state index in [2.05, 4.69) is 26.5 Å². The molecular weight excluding hydrogens is 504 g/mol. The number of esters is 1. The molecule has 1 N–H and O–H groups in total. The Morgan fingerprint density at radius 3 is 2.26 bits per heavy atom. The van der Waals surface area contributed by atoms with Gasteiger partial charge in [0.15, 0.2) is 11.5 Å². The fourth-order valence-electron chi connectivity index (χ4n) is 2.93. The SMILES string of the molecule is CCOc1ccc(C(=O)NN=Cc2cc(Br)ccc2OC(=O)c2ccc(OC)c(OC)c2)cc1. The fraction of sp³-hybridized carbons (Fsp3) is 0.160. The van der Waals surface area contributed by atoms with Crippen LogP contribution in [0.25, 0.3) is 0 Å². The van der Waals surface area contributed by atoms with Crippen LogP contribution in [0.5, 0.6) is 23.0 Å². The second-order valence-electron chi connectivity index (χ2n) is 6.80. The number of hydrogen-bond donors (Lipinski definition) is 1. The minimum Gasteiger partial charge on any atom is -0.494 e. The number of halogens is 1. The minimum absolute atomic E-state index is 0.266. The lowest BCUT2D eigenvalue weighted by atomic mass is 10.2. The minimum atomic E-state index is -0.587. The van der Waals surface area contributed by atoms with E-state index in [0.717, 1.165) is 4.47 Å². The Hall–Kier alpha value is -3.85. The summed E-state index contributed by atoms with van der Waals surface area (Å²) in [5.74, 6) is 0.875. The third kappa shape index (κ3) is 6.35. The van der Waals surface area contributed by atoms with Crippen LogP contribution in [0, 0.1) is 0 Å². The average Bonchev–Trinajstić information content (AvgIpc) is 2.85. The zero-order chi connectivity index (χ0) is 24.5. The summed E-state index contributed by atoms with van der Waals surface area (Å²) in [6, 6.07) is 16.5. The molecule has 0 aliphatic heterocycles. The molecule has 3 aromatic carbocycles. The van der Waals surface area contributed by atoms with Crippen molar-refractivity contribution in [1.82, 2.24) is 5.43 Å². The van der Waals surface area contributed by atoms with Crippen molar-refractivity contribution < 1.29 is 28.5 Å². The van der Waals surface area contributed by atoms with Gasteiger partial charge >= 0.3 is 5.97 Å². The van der Waals surface area contributed by atoms with Crippen molar-refractivity contribution in [3.8, 4) is 23.0 Å². The van der Waals surface area contributed by atoms with Crippen LogP contribution in [0.4, 0.5) is 0 Å². The van der Waals surface area contributed by atoms with E-state index in [0.29, 0.717) is 35.0 Å². The predicted octanol–water partition coefficient (Wildman–Crippen LogP) is 4.85. The van der Waals surface area contributed by atoms with Crippen LogP contribution in [0.1, 0.15) is 33.2 Å². The summed E-state index contributed by atoms with van der Waals surface area (Å²) in [5.41, 5.74) is 3.65. The molecule has 0 saturated heterocycles. The summed E-state index contributed by atoms with van der Waals surface area (Å²) in [7, 11) is 3.00. The third-order valence-electron chi connectivity index (χ3n) is 4.59. The van der Waals surface area contributed by atoms with E-state index in [1.54, 1.807) is 54.6 Å². The second-order valence-corrected chi connectivity index (χ2v) is 7.71. The van der Waals surface area contributed by atoms with Gasteiger partial charge in [-0.05, 0) is 67.6 Å². The summed E-state index contributed by atoms with van der Waals surface area (Å²) in [6.45, 7) is 2.43. The van der Waals surface area contributed by atoms with Gasteiger partial charge in [0.1, 0.15) is 11.5 Å². The molecule has 34 heavy (non-hydrogen) atoms. The van der Waals surface area contributed by atoms with Crippen LogP contribution >= 0.6 is 15.9 Å². The van der Waals surface area contributed by atoms with Crippen LogP contribution in [-0.2, 0) is 0 Å². The molecule has 8 nitrogen and oxygen atoms in total. The van der Waals surface area contributed by atoms with Crippen molar-refractivity contribution in [3.05, 3.63) is 81.8 Å². The Morgan fingerprint density at radius 2 is 1.59 bits per heavy atom. The van der Waals surface area contributed by atoms with E-state index >= 15 is 0 Å². The van der Waals surface area contributed by atoms with Gasteiger partial charge in [-0.15, -0.1) is 0 Å². The number of methoxy groups -OCH3 is 2. The zero-order valence-corrected chi connectivity index (χ0v) is 20.4.